The minimum atomic E-state index is -0.0105. The van der Waals surface area contributed by atoms with Crippen LogP contribution in [-0.2, 0) is 0 Å². The van der Waals surface area contributed by atoms with Crippen molar-refractivity contribution in [2.45, 2.75) is 0 Å². The number of fused-ring (bicyclic) bond motifs is 3. The summed E-state index contributed by atoms with van der Waals surface area (Å²) in [5.74, 6) is 0.718. The van der Waals surface area contributed by atoms with E-state index in [0.29, 0.717) is 0 Å². The van der Waals surface area contributed by atoms with Crippen LogP contribution in [0.2, 0.25) is 0 Å². The monoisotopic (exact) mass is 170 g/mol. The Kier molecular flexibility index (Phi) is 1.05. The summed E-state index contributed by atoms with van der Waals surface area (Å²) in [5, 5.41) is 0. The van der Waals surface area contributed by atoms with Crippen LogP contribution in [-0.4, -0.2) is 15.5 Å². The van der Waals surface area contributed by atoms with E-state index in [1.807, 2.05) is 24.3 Å². The molecular formula is C10H6N2O. The Morgan fingerprint density at radius 2 is 2.00 bits per heavy atom. The molecule has 3 heteroatoms. The third-order valence-electron chi connectivity index (χ3n) is 2.18. The molecular weight excluding hydrogens is 164 g/mol. The molecule has 13 heavy (non-hydrogen) atoms. The maximum Gasteiger partial charge on any atom is 0.256 e. The van der Waals surface area contributed by atoms with Crippen molar-refractivity contribution in [1.82, 2.24) is 9.55 Å². The fraction of sp³-hybridized carbons (Fsp3) is 0. The van der Waals surface area contributed by atoms with Gasteiger partial charge in [0.05, 0.1) is 11.0 Å². The summed E-state index contributed by atoms with van der Waals surface area (Å²) < 4.78 is 1.62. The zero-order valence-corrected chi connectivity index (χ0v) is 6.77. The molecule has 0 saturated carbocycles. The van der Waals surface area contributed by atoms with Crippen molar-refractivity contribution >= 4 is 23.0 Å². The molecule has 1 aliphatic heterocycles. The van der Waals surface area contributed by atoms with Crippen molar-refractivity contribution in [2.24, 2.45) is 0 Å². The summed E-state index contributed by atoms with van der Waals surface area (Å²) in [6.07, 6.45) is 3.27. The Morgan fingerprint density at radius 1 is 1.15 bits per heavy atom. The zero-order chi connectivity index (χ0) is 8.84. The van der Waals surface area contributed by atoms with Crippen LogP contribution in [0.4, 0.5) is 0 Å². The molecule has 0 N–H and O–H groups in total. The number of aromatic nitrogens is 2. The number of rotatable bonds is 0. The highest BCUT2D eigenvalue weighted by atomic mass is 16.2. The summed E-state index contributed by atoms with van der Waals surface area (Å²) in [6.45, 7) is 0. The quantitative estimate of drug-likeness (QED) is 0.603. The molecule has 0 fully saturated rings. The van der Waals surface area contributed by atoms with Crippen LogP contribution in [0.1, 0.15) is 10.6 Å². The molecule has 0 unspecified atom stereocenters. The van der Waals surface area contributed by atoms with Crippen LogP contribution in [0, 0.1) is 0 Å². The van der Waals surface area contributed by atoms with Crippen LogP contribution in [0.25, 0.3) is 17.1 Å². The van der Waals surface area contributed by atoms with Gasteiger partial charge in [-0.3, -0.25) is 9.36 Å². The molecule has 0 amide bonds. The largest absolute Gasteiger partial charge is 0.269 e. The average Bonchev–Trinajstić information content (AvgIpc) is 2.66. The van der Waals surface area contributed by atoms with Crippen molar-refractivity contribution in [3.05, 3.63) is 36.2 Å². The van der Waals surface area contributed by atoms with E-state index in [-0.39, 0.29) is 5.91 Å². The summed E-state index contributed by atoms with van der Waals surface area (Å²) in [4.78, 5) is 15.7. The molecule has 1 aromatic heterocycles. The van der Waals surface area contributed by atoms with Gasteiger partial charge in [-0.05, 0) is 18.2 Å². The van der Waals surface area contributed by atoms with Gasteiger partial charge < -0.3 is 0 Å². The predicted molar refractivity (Wildman–Crippen MR) is 49.4 cm³/mol. The third-order valence-corrected chi connectivity index (χ3v) is 2.18. The van der Waals surface area contributed by atoms with Crippen molar-refractivity contribution < 1.29 is 4.79 Å². The Balaban J connectivity index is 2.51. The van der Waals surface area contributed by atoms with Gasteiger partial charge >= 0.3 is 0 Å². The Bertz CT molecular complexity index is 537. The van der Waals surface area contributed by atoms with Gasteiger partial charge in [-0.2, -0.15) is 0 Å². The number of para-hydroxylation sites is 2. The number of benzene rings is 1. The highest BCUT2D eigenvalue weighted by Gasteiger charge is 2.17. The van der Waals surface area contributed by atoms with E-state index in [9.17, 15) is 4.79 Å². The molecule has 62 valence electrons. The number of carbonyl (C=O) groups is 1. The molecule has 2 heterocycles. The highest BCUT2D eigenvalue weighted by molar-refractivity contribution is 6.04. The SMILES string of the molecule is O=C1C=Cc2nc3ccccc3n21. The Hall–Kier alpha value is -1.90. The van der Waals surface area contributed by atoms with Crippen molar-refractivity contribution in [3.63, 3.8) is 0 Å². The topological polar surface area (TPSA) is 34.9 Å². The van der Waals surface area contributed by atoms with Gasteiger partial charge in [0.25, 0.3) is 5.91 Å². The number of hydrogen-bond donors (Lipinski definition) is 0. The standard InChI is InChI=1S/C10H6N2O/c13-10-6-5-9-11-7-3-1-2-4-8(7)12(9)10/h1-6H. The predicted octanol–water partition coefficient (Wildman–Crippen LogP) is 1.70. The first-order valence-corrected chi connectivity index (χ1v) is 4.06. The molecule has 1 aliphatic rings. The van der Waals surface area contributed by atoms with E-state index in [0.717, 1.165) is 16.9 Å². The molecule has 3 rings (SSSR count). The minimum absolute atomic E-state index is 0.0105. The van der Waals surface area contributed by atoms with Crippen LogP contribution >= 0.6 is 0 Å². The highest BCUT2D eigenvalue weighted by Crippen LogP contribution is 2.20. The maximum absolute atomic E-state index is 11.4. The van der Waals surface area contributed by atoms with Crippen molar-refractivity contribution in [3.8, 4) is 0 Å². The Labute approximate surface area is 74.3 Å². The molecule has 0 aliphatic carbocycles. The van der Waals surface area contributed by atoms with Gasteiger partial charge in [-0.25, -0.2) is 4.98 Å². The lowest BCUT2D eigenvalue weighted by Gasteiger charge is -1.94. The average molecular weight is 170 g/mol. The number of imidazole rings is 1. The lowest BCUT2D eigenvalue weighted by atomic mass is 10.3. The minimum Gasteiger partial charge on any atom is -0.269 e. The number of hydrogen-bond acceptors (Lipinski definition) is 2. The van der Waals surface area contributed by atoms with Crippen LogP contribution in [0.3, 0.4) is 0 Å². The van der Waals surface area contributed by atoms with Crippen LogP contribution < -0.4 is 0 Å². The molecule has 0 radical (unpaired) electrons. The fourth-order valence-corrected chi connectivity index (χ4v) is 1.61. The third kappa shape index (κ3) is 0.731. The van der Waals surface area contributed by atoms with Gasteiger partial charge in [0.1, 0.15) is 5.82 Å². The second-order valence-corrected chi connectivity index (χ2v) is 2.97. The van der Waals surface area contributed by atoms with E-state index in [2.05, 4.69) is 4.98 Å². The molecule has 0 bridgehead atoms. The number of carbonyl (C=O) groups excluding carboxylic acids is 1. The molecule has 3 nitrogen and oxygen atoms in total. The lowest BCUT2D eigenvalue weighted by Crippen LogP contribution is -2.02. The molecule has 0 atom stereocenters. The van der Waals surface area contributed by atoms with E-state index in [1.54, 1.807) is 10.6 Å². The normalized spacial score (nSPS) is 14.0. The summed E-state index contributed by atoms with van der Waals surface area (Å²) in [6, 6.07) is 7.63. The summed E-state index contributed by atoms with van der Waals surface area (Å²) >= 11 is 0. The first-order valence-electron chi connectivity index (χ1n) is 4.06. The summed E-state index contributed by atoms with van der Waals surface area (Å²) in [5.41, 5.74) is 1.75. The van der Waals surface area contributed by atoms with Gasteiger partial charge in [-0.15, -0.1) is 0 Å². The molecule has 2 aromatic rings. The first-order chi connectivity index (χ1) is 6.36. The summed E-state index contributed by atoms with van der Waals surface area (Å²) in [7, 11) is 0. The van der Waals surface area contributed by atoms with Gasteiger partial charge in [0, 0.05) is 6.08 Å². The Morgan fingerprint density at radius 3 is 2.92 bits per heavy atom. The van der Waals surface area contributed by atoms with Gasteiger partial charge in [0.2, 0.25) is 0 Å². The zero-order valence-electron chi connectivity index (χ0n) is 6.77. The van der Waals surface area contributed by atoms with E-state index in [1.165, 1.54) is 6.08 Å². The van der Waals surface area contributed by atoms with Crippen LogP contribution in [0.15, 0.2) is 30.3 Å². The first kappa shape index (κ1) is 6.60. The van der Waals surface area contributed by atoms with Crippen molar-refractivity contribution in [1.29, 1.82) is 0 Å². The van der Waals surface area contributed by atoms with E-state index in [4.69, 9.17) is 0 Å². The van der Waals surface area contributed by atoms with E-state index < -0.39 is 0 Å². The smallest absolute Gasteiger partial charge is 0.256 e. The maximum atomic E-state index is 11.4. The number of allylic oxidation sites excluding steroid dienone is 1. The lowest BCUT2D eigenvalue weighted by molar-refractivity contribution is 0.0978. The van der Waals surface area contributed by atoms with Crippen LogP contribution in [0.5, 0.6) is 0 Å². The van der Waals surface area contributed by atoms with Crippen molar-refractivity contribution in [2.75, 3.05) is 0 Å². The second kappa shape index (κ2) is 2.07. The van der Waals surface area contributed by atoms with Gasteiger partial charge in [0.15, 0.2) is 0 Å². The molecule has 1 aromatic carbocycles. The van der Waals surface area contributed by atoms with E-state index >= 15 is 0 Å². The second-order valence-electron chi connectivity index (χ2n) is 2.97. The molecule has 0 spiro atoms. The van der Waals surface area contributed by atoms with Gasteiger partial charge in [-0.1, -0.05) is 12.1 Å². The molecule has 0 saturated heterocycles. The fourth-order valence-electron chi connectivity index (χ4n) is 1.61. The number of nitrogens with zero attached hydrogens (tertiary/aromatic N) is 2.